The zero-order valence-corrected chi connectivity index (χ0v) is 10.8. The minimum absolute atomic E-state index is 0.0717. The number of rotatable bonds is 5. The number of methoxy groups -OCH3 is 1. The highest BCUT2D eigenvalue weighted by atomic mass is 16.5. The molecular formula is C13H14N2O5. The van der Waals surface area contributed by atoms with Crippen molar-refractivity contribution < 1.29 is 24.2 Å². The summed E-state index contributed by atoms with van der Waals surface area (Å²) in [4.78, 5) is 35.7. The zero-order chi connectivity index (χ0) is 14.8. The largest absolute Gasteiger partial charge is 0.480 e. The van der Waals surface area contributed by atoms with E-state index in [9.17, 15) is 14.4 Å². The molecule has 1 fully saturated rings. The molecule has 20 heavy (non-hydrogen) atoms. The number of aliphatic carboxylic acids is 1. The molecule has 1 aliphatic heterocycles. The van der Waals surface area contributed by atoms with Crippen molar-refractivity contribution in [1.29, 1.82) is 0 Å². The number of ether oxygens (including phenoxy) is 1. The molecule has 106 valence electrons. The van der Waals surface area contributed by atoms with Gasteiger partial charge < -0.3 is 15.2 Å². The van der Waals surface area contributed by atoms with Crippen LogP contribution in [0.2, 0.25) is 0 Å². The number of nitrogens with one attached hydrogen (secondary N) is 1. The Bertz CT molecular complexity index is 545. The maximum atomic E-state index is 12.5. The molecule has 0 aliphatic carbocycles. The summed E-state index contributed by atoms with van der Waals surface area (Å²) in [6.45, 7) is -0.749. The fourth-order valence-electron chi connectivity index (χ4n) is 2.22. The lowest BCUT2D eigenvalue weighted by Gasteiger charge is -2.26. The molecule has 1 aromatic carbocycles. The Morgan fingerprint density at radius 3 is 2.55 bits per heavy atom. The van der Waals surface area contributed by atoms with E-state index in [2.05, 4.69) is 5.32 Å². The minimum atomic E-state index is -1.37. The van der Waals surface area contributed by atoms with Gasteiger partial charge in [0.05, 0.1) is 6.61 Å². The Labute approximate surface area is 115 Å². The molecule has 0 spiro atoms. The zero-order valence-electron chi connectivity index (χ0n) is 10.8. The van der Waals surface area contributed by atoms with Crippen LogP contribution in [0.1, 0.15) is 5.56 Å². The predicted octanol–water partition coefficient (Wildman–Crippen LogP) is 0.165. The molecule has 2 rings (SSSR count). The van der Waals surface area contributed by atoms with E-state index in [-0.39, 0.29) is 6.61 Å². The Morgan fingerprint density at radius 2 is 2.00 bits per heavy atom. The number of benzene rings is 1. The molecule has 3 amide bonds. The number of imide groups is 1. The van der Waals surface area contributed by atoms with Gasteiger partial charge in [0.1, 0.15) is 6.54 Å². The highest BCUT2D eigenvalue weighted by Gasteiger charge is 2.53. The van der Waals surface area contributed by atoms with Crippen molar-refractivity contribution in [3.05, 3.63) is 35.9 Å². The van der Waals surface area contributed by atoms with E-state index >= 15 is 0 Å². The molecule has 1 heterocycles. The number of carboxylic acid groups (broad SMARTS) is 1. The molecule has 1 aromatic rings. The summed E-state index contributed by atoms with van der Waals surface area (Å²) < 4.78 is 5.05. The number of nitrogens with zero attached hydrogens (tertiary/aromatic N) is 1. The fraction of sp³-hybridized carbons (Fsp3) is 0.308. The third-order valence-corrected chi connectivity index (χ3v) is 3.10. The number of hydrogen-bond acceptors (Lipinski definition) is 4. The van der Waals surface area contributed by atoms with Crippen molar-refractivity contribution in [3.63, 3.8) is 0 Å². The highest BCUT2D eigenvalue weighted by Crippen LogP contribution is 2.29. The van der Waals surface area contributed by atoms with Gasteiger partial charge in [0.15, 0.2) is 5.54 Å². The van der Waals surface area contributed by atoms with E-state index in [1.165, 1.54) is 7.11 Å². The van der Waals surface area contributed by atoms with Crippen LogP contribution >= 0.6 is 0 Å². The summed E-state index contributed by atoms with van der Waals surface area (Å²) in [5, 5.41) is 11.3. The van der Waals surface area contributed by atoms with Gasteiger partial charge in [-0.25, -0.2) is 4.79 Å². The average molecular weight is 278 g/mol. The van der Waals surface area contributed by atoms with Crippen LogP contribution in [0.15, 0.2) is 30.3 Å². The van der Waals surface area contributed by atoms with E-state index in [4.69, 9.17) is 9.84 Å². The van der Waals surface area contributed by atoms with E-state index in [1.54, 1.807) is 30.3 Å². The third kappa shape index (κ3) is 2.23. The molecule has 1 unspecified atom stereocenters. The number of carbonyl (C=O) groups is 3. The van der Waals surface area contributed by atoms with Gasteiger partial charge in [-0.2, -0.15) is 0 Å². The maximum Gasteiger partial charge on any atom is 0.325 e. The highest BCUT2D eigenvalue weighted by molar-refractivity contribution is 6.09. The summed E-state index contributed by atoms with van der Waals surface area (Å²) >= 11 is 0. The second-order valence-electron chi connectivity index (χ2n) is 4.42. The minimum Gasteiger partial charge on any atom is -0.480 e. The molecule has 0 aromatic heterocycles. The molecule has 1 aliphatic rings. The molecule has 7 nitrogen and oxygen atoms in total. The van der Waals surface area contributed by atoms with Crippen molar-refractivity contribution in [2.24, 2.45) is 0 Å². The van der Waals surface area contributed by atoms with Crippen molar-refractivity contribution in [2.45, 2.75) is 5.54 Å². The lowest BCUT2D eigenvalue weighted by Crippen LogP contribution is -2.48. The summed E-state index contributed by atoms with van der Waals surface area (Å²) in [5.74, 6) is -1.88. The van der Waals surface area contributed by atoms with Crippen LogP contribution in [0.3, 0.4) is 0 Å². The van der Waals surface area contributed by atoms with Crippen molar-refractivity contribution in [2.75, 3.05) is 20.3 Å². The summed E-state index contributed by atoms with van der Waals surface area (Å²) in [5.41, 5.74) is -0.823. The van der Waals surface area contributed by atoms with Gasteiger partial charge in [-0.3, -0.25) is 14.5 Å². The number of carboxylic acids is 1. The Morgan fingerprint density at radius 1 is 1.35 bits per heavy atom. The topological polar surface area (TPSA) is 95.9 Å². The summed E-state index contributed by atoms with van der Waals surface area (Å²) in [6, 6.07) is 7.86. The van der Waals surface area contributed by atoms with Crippen LogP contribution in [0, 0.1) is 0 Å². The van der Waals surface area contributed by atoms with E-state index < -0.39 is 30.0 Å². The number of hydrogen-bond donors (Lipinski definition) is 2. The molecule has 1 saturated heterocycles. The molecular weight excluding hydrogens is 264 g/mol. The van der Waals surface area contributed by atoms with Crippen LogP contribution in [-0.4, -0.2) is 48.2 Å². The number of amides is 3. The summed E-state index contributed by atoms with van der Waals surface area (Å²) in [7, 11) is 1.41. The van der Waals surface area contributed by atoms with Crippen molar-refractivity contribution in [1.82, 2.24) is 10.2 Å². The van der Waals surface area contributed by atoms with Gasteiger partial charge >= 0.3 is 12.0 Å². The normalized spacial score (nSPS) is 21.9. The number of urea groups is 1. The average Bonchev–Trinajstić information content (AvgIpc) is 2.65. The lowest BCUT2D eigenvalue weighted by molar-refractivity contribution is -0.143. The monoisotopic (exact) mass is 278 g/mol. The first-order valence-corrected chi connectivity index (χ1v) is 5.91. The molecule has 1 atom stereocenters. The Balaban J connectivity index is 2.42. The van der Waals surface area contributed by atoms with Gasteiger partial charge in [0.2, 0.25) is 0 Å². The van der Waals surface area contributed by atoms with Gasteiger partial charge in [0.25, 0.3) is 5.91 Å². The molecule has 2 N–H and O–H groups in total. The first-order chi connectivity index (χ1) is 9.51. The van der Waals surface area contributed by atoms with E-state index in [1.807, 2.05) is 0 Å². The predicted molar refractivity (Wildman–Crippen MR) is 67.9 cm³/mol. The second-order valence-corrected chi connectivity index (χ2v) is 4.42. The van der Waals surface area contributed by atoms with Crippen LogP contribution in [0.25, 0.3) is 0 Å². The summed E-state index contributed by atoms with van der Waals surface area (Å²) in [6.07, 6.45) is 0. The van der Waals surface area contributed by atoms with Crippen LogP contribution in [-0.2, 0) is 19.9 Å². The van der Waals surface area contributed by atoms with Crippen LogP contribution in [0.5, 0.6) is 0 Å². The van der Waals surface area contributed by atoms with E-state index in [0.29, 0.717) is 10.5 Å². The first-order valence-electron chi connectivity index (χ1n) is 5.91. The van der Waals surface area contributed by atoms with Crippen molar-refractivity contribution in [3.8, 4) is 0 Å². The molecule has 0 bridgehead atoms. The SMILES string of the molecule is COCC1(c2ccccc2)NC(=O)N(CC(=O)O)C1=O. The second kappa shape index (κ2) is 5.30. The van der Waals surface area contributed by atoms with Crippen molar-refractivity contribution >= 4 is 17.9 Å². The first kappa shape index (κ1) is 14.0. The Hall–Kier alpha value is -2.41. The van der Waals surface area contributed by atoms with Gasteiger partial charge in [-0.1, -0.05) is 30.3 Å². The fourth-order valence-corrected chi connectivity index (χ4v) is 2.22. The van der Waals surface area contributed by atoms with Gasteiger partial charge in [0, 0.05) is 7.11 Å². The third-order valence-electron chi connectivity index (χ3n) is 3.10. The van der Waals surface area contributed by atoms with Crippen LogP contribution in [0.4, 0.5) is 4.79 Å². The quantitative estimate of drug-likeness (QED) is 0.748. The van der Waals surface area contributed by atoms with E-state index in [0.717, 1.165) is 0 Å². The molecule has 0 radical (unpaired) electrons. The van der Waals surface area contributed by atoms with Gasteiger partial charge in [-0.05, 0) is 5.56 Å². The number of carbonyl (C=O) groups excluding carboxylic acids is 2. The Kier molecular flexibility index (Phi) is 3.71. The molecule has 0 saturated carbocycles. The lowest BCUT2D eigenvalue weighted by atomic mass is 9.90. The molecule has 7 heteroatoms. The maximum absolute atomic E-state index is 12.5. The van der Waals surface area contributed by atoms with Gasteiger partial charge in [-0.15, -0.1) is 0 Å². The standard InChI is InChI=1S/C13H14N2O5/c1-20-8-13(9-5-3-2-4-6-9)11(18)15(7-10(16)17)12(19)14-13/h2-6H,7-8H2,1H3,(H,14,19)(H,16,17). The van der Waals surface area contributed by atoms with Crippen LogP contribution < -0.4 is 5.32 Å². The smallest absolute Gasteiger partial charge is 0.325 e.